The SMILES string of the molecule is CC(C)(C)OC(=O)N[C@@H]1CN(Cc2ccccc2)CC12CC2. The van der Waals surface area contributed by atoms with Gasteiger partial charge in [-0.15, -0.1) is 0 Å². The lowest BCUT2D eigenvalue weighted by molar-refractivity contribution is 0.0492. The molecule has 1 saturated carbocycles. The van der Waals surface area contributed by atoms with Crippen LogP contribution in [0.15, 0.2) is 30.3 Å². The van der Waals surface area contributed by atoms with Gasteiger partial charge in [-0.1, -0.05) is 30.3 Å². The summed E-state index contributed by atoms with van der Waals surface area (Å²) in [5.74, 6) is 0. The van der Waals surface area contributed by atoms with Gasteiger partial charge in [-0.3, -0.25) is 4.90 Å². The van der Waals surface area contributed by atoms with Crippen molar-refractivity contribution >= 4 is 6.09 Å². The highest BCUT2D eigenvalue weighted by Gasteiger charge is 2.55. The molecule has 0 unspecified atom stereocenters. The van der Waals surface area contributed by atoms with Crippen molar-refractivity contribution in [3.8, 4) is 0 Å². The number of ether oxygens (including phenoxy) is 1. The first-order chi connectivity index (χ1) is 10.4. The van der Waals surface area contributed by atoms with Crippen LogP contribution < -0.4 is 5.32 Å². The van der Waals surface area contributed by atoms with Crippen LogP contribution in [0.2, 0.25) is 0 Å². The number of rotatable bonds is 3. The van der Waals surface area contributed by atoms with E-state index in [9.17, 15) is 4.79 Å². The Bertz CT molecular complexity index is 532. The minimum Gasteiger partial charge on any atom is -0.444 e. The molecule has 2 aliphatic rings. The van der Waals surface area contributed by atoms with Crippen molar-refractivity contribution in [2.75, 3.05) is 13.1 Å². The van der Waals surface area contributed by atoms with E-state index < -0.39 is 5.60 Å². The Hall–Kier alpha value is -1.55. The maximum absolute atomic E-state index is 12.0. The van der Waals surface area contributed by atoms with Crippen LogP contribution in [0.1, 0.15) is 39.2 Å². The monoisotopic (exact) mass is 302 g/mol. The highest BCUT2D eigenvalue weighted by atomic mass is 16.6. The molecular weight excluding hydrogens is 276 g/mol. The van der Waals surface area contributed by atoms with Gasteiger partial charge in [0.15, 0.2) is 0 Å². The molecule has 120 valence electrons. The largest absolute Gasteiger partial charge is 0.444 e. The van der Waals surface area contributed by atoms with Gasteiger partial charge < -0.3 is 10.1 Å². The summed E-state index contributed by atoms with van der Waals surface area (Å²) in [6.07, 6.45) is 2.13. The van der Waals surface area contributed by atoms with E-state index in [1.54, 1.807) is 0 Å². The zero-order chi connectivity index (χ0) is 15.8. The van der Waals surface area contributed by atoms with Gasteiger partial charge in [-0.05, 0) is 39.2 Å². The Balaban J connectivity index is 1.58. The van der Waals surface area contributed by atoms with Crippen molar-refractivity contribution in [2.45, 2.75) is 51.8 Å². The fraction of sp³-hybridized carbons (Fsp3) is 0.611. The van der Waals surface area contributed by atoms with Crippen LogP contribution in [0.5, 0.6) is 0 Å². The van der Waals surface area contributed by atoms with E-state index in [-0.39, 0.29) is 17.6 Å². The molecule has 1 atom stereocenters. The molecule has 22 heavy (non-hydrogen) atoms. The Kier molecular flexibility index (Phi) is 3.89. The summed E-state index contributed by atoms with van der Waals surface area (Å²) < 4.78 is 5.41. The van der Waals surface area contributed by atoms with E-state index in [0.717, 1.165) is 19.6 Å². The van der Waals surface area contributed by atoms with E-state index in [0.29, 0.717) is 0 Å². The van der Waals surface area contributed by atoms with E-state index in [2.05, 4.69) is 34.5 Å². The van der Waals surface area contributed by atoms with Gasteiger partial charge in [-0.25, -0.2) is 4.79 Å². The molecule has 0 aromatic heterocycles. The standard InChI is InChI=1S/C18H26N2O2/c1-17(2,3)22-16(21)19-15-12-20(13-18(15)9-10-18)11-14-7-5-4-6-8-14/h4-8,15H,9-13H2,1-3H3,(H,19,21)/t15-/m1/s1. The number of likely N-dealkylation sites (tertiary alicyclic amines) is 1. The first-order valence-electron chi connectivity index (χ1n) is 8.12. The van der Waals surface area contributed by atoms with Gasteiger partial charge in [0.1, 0.15) is 5.60 Å². The van der Waals surface area contributed by atoms with Crippen LogP contribution in [-0.2, 0) is 11.3 Å². The van der Waals surface area contributed by atoms with Gasteiger partial charge in [0, 0.05) is 25.0 Å². The number of carbonyl (C=O) groups excluding carboxylic acids is 1. The predicted octanol–water partition coefficient (Wildman–Crippen LogP) is 3.18. The van der Waals surface area contributed by atoms with E-state index in [1.165, 1.54) is 18.4 Å². The van der Waals surface area contributed by atoms with Gasteiger partial charge in [0.05, 0.1) is 6.04 Å². The molecule has 4 heteroatoms. The van der Waals surface area contributed by atoms with Crippen LogP contribution in [0.25, 0.3) is 0 Å². The molecule has 1 aliphatic heterocycles. The van der Waals surface area contributed by atoms with Crippen LogP contribution in [0.4, 0.5) is 4.79 Å². The summed E-state index contributed by atoms with van der Waals surface area (Å²) in [7, 11) is 0. The maximum Gasteiger partial charge on any atom is 0.407 e. The Morgan fingerprint density at radius 3 is 2.59 bits per heavy atom. The fourth-order valence-corrected chi connectivity index (χ4v) is 3.35. The molecule has 0 bridgehead atoms. The van der Waals surface area contributed by atoms with E-state index in [4.69, 9.17) is 4.74 Å². The van der Waals surface area contributed by atoms with Crippen LogP contribution >= 0.6 is 0 Å². The minimum atomic E-state index is -0.441. The summed E-state index contributed by atoms with van der Waals surface area (Å²) in [6.45, 7) is 8.63. The van der Waals surface area contributed by atoms with Gasteiger partial charge in [-0.2, -0.15) is 0 Å². The number of alkyl carbamates (subject to hydrolysis) is 1. The lowest BCUT2D eigenvalue weighted by Crippen LogP contribution is -2.44. The zero-order valence-corrected chi connectivity index (χ0v) is 13.8. The minimum absolute atomic E-state index is 0.214. The molecule has 0 radical (unpaired) electrons. The van der Waals surface area contributed by atoms with Crippen molar-refractivity contribution in [3.05, 3.63) is 35.9 Å². The number of amides is 1. The zero-order valence-electron chi connectivity index (χ0n) is 13.8. The van der Waals surface area contributed by atoms with Crippen molar-refractivity contribution in [1.29, 1.82) is 0 Å². The number of nitrogens with one attached hydrogen (secondary N) is 1. The topological polar surface area (TPSA) is 41.6 Å². The van der Waals surface area contributed by atoms with Gasteiger partial charge in [0.25, 0.3) is 0 Å². The Morgan fingerprint density at radius 2 is 2.00 bits per heavy atom. The molecule has 1 aliphatic carbocycles. The highest BCUT2D eigenvalue weighted by molar-refractivity contribution is 5.68. The average molecular weight is 302 g/mol. The van der Waals surface area contributed by atoms with Crippen LogP contribution in [0.3, 0.4) is 0 Å². The quantitative estimate of drug-likeness (QED) is 0.932. The number of hydrogen-bond donors (Lipinski definition) is 1. The lowest BCUT2D eigenvalue weighted by Gasteiger charge is -2.24. The number of benzene rings is 1. The molecule has 1 saturated heterocycles. The summed E-state index contributed by atoms with van der Waals surface area (Å²) in [6, 6.07) is 10.7. The molecule has 1 N–H and O–H groups in total. The molecule has 1 aromatic rings. The van der Waals surface area contributed by atoms with E-state index in [1.807, 2.05) is 26.8 Å². The highest BCUT2D eigenvalue weighted by Crippen LogP contribution is 2.53. The van der Waals surface area contributed by atoms with Crippen LogP contribution in [-0.4, -0.2) is 35.7 Å². The van der Waals surface area contributed by atoms with E-state index >= 15 is 0 Å². The Labute approximate surface area is 132 Å². The van der Waals surface area contributed by atoms with Gasteiger partial charge in [0.2, 0.25) is 0 Å². The molecule has 2 fully saturated rings. The van der Waals surface area contributed by atoms with Crippen molar-refractivity contribution in [3.63, 3.8) is 0 Å². The number of nitrogens with zero attached hydrogens (tertiary/aromatic N) is 1. The smallest absolute Gasteiger partial charge is 0.407 e. The fourth-order valence-electron chi connectivity index (χ4n) is 3.35. The molecular formula is C18H26N2O2. The number of hydrogen-bond acceptors (Lipinski definition) is 3. The normalized spacial score (nSPS) is 23.5. The second-order valence-electron chi connectivity index (χ2n) is 7.72. The summed E-state index contributed by atoms with van der Waals surface area (Å²) in [4.78, 5) is 14.5. The van der Waals surface area contributed by atoms with Gasteiger partial charge >= 0.3 is 6.09 Å². The second kappa shape index (κ2) is 5.58. The maximum atomic E-state index is 12.0. The summed E-state index contributed by atoms with van der Waals surface area (Å²) in [5.41, 5.74) is 1.17. The molecule has 4 nitrogen and oxygen atoms in total. The number of carbonyl (C=O) groups is 1. The molecule has 1 amide bonds. The average Bonchev–Trinajstić information content (AvgIpc) is 3.10. The third-order valence-corrected chi connectivity index (χ3v) is 4.55. The summed E-state index contributed by atoms with van der Waals surface area (Å²) in [5, 5.41) is 3.10. The van der Waals surface area contributed by atoms with Crippen molar-refractivity contribution in [2.24, 2.45) is 5.41 Å². The molecule has 1 aromatic carbocycles. The first-order valence-corrected chi connectivity index (χ1v) is 8.12. The lowest BCUT2D eigenvalue weighted by atomic mass is 10.0. The third-order valence-electron chi connectivity index (χ3n) is 4.55. The molecule has 3 rings (SSSR count). The third kappa shape index (κ3) is 3.61. The van der Waals surface area contributed by atoms with Crippen molar-refractivity contribution < 1.29 is 9.53 Å². The second-order valence-corrected chi connectivity index (χ2v) is 7.72. The predicted molar refractivity (Wildman–Crippen MR) is 86.5 cm³/mol. The first kappa shape index (κ1) is 15.3. The molecule has 1 spiro atoms. The molecule has 1 heterocycles. The summed E-state index contributed by atoms with van der Waals surface area (Å²) >= 11 is 0. The van der Waals surface area contributed by atoms with Crippen molar-refractivity contribution in [1.82, 2.24) is 10.2 Å². The van der Waals surface area contributed by atoms with Crippen LogP contribution in [0, 0.1) is 5.41 Å². The Morgan fingerprint density at radius 1 is 1.32 bits per heavy atom.